The van der Waals surface area contributed by atoms with Gasteiger partial charge < -0.3 is 14.9 Å². The largest absolute Gasteiger partial charge is 0.383 e. The zero-order valence-corrected chi connectivity index (χ0v) is 16.7. The van der Waals surface area contributed by atoms with Gasteiger partial charge in [0.2, 0.25) is 5.95 Å². The van der Waals surface area contributed by atoms with Crippen LogP contribution in [-0.2, 0) is 5.60 Å². The standard InChI is InChI=1S/C22H28N4O2/c1-16-6-8-18(9-7-16)22(28)10-13-26(15-22)20(27)19-14-23-21(24-17(19)2)25-11-4-3-5-12-25/h6-9,14,28H,3-5,10-13,15H2,1-2H3/t22-/m0/s1. The minimum Gasteiger partial charge on any atom is -0.383 e. The Morgan fingerprint density at radius 3 is 2.46 bits per heavy atom. The maximum atomic E-state index is 13.0. The Morgan fingerprint density at radius 1 is 1.07 bits per heavy atom. The Bertz CT molecular complexity index is 861. The lowest BCUT2D eigenvalue weighted by Crippen LogP contribution is -2.35. The van der Waals surface area contributed by atoms with Crippen LogP contribution in [0.5, 0.6) is 0 Å². The van der Waals surface area contributed by atoms with Crippen LogP contribution in [0.1, 0.15) is 52.9 Å². The zero-order valence-electron chi connectivity index (χ0n) is 16.7. The van der Waals surface area contributed by atoms with Gasteiger partial charge >= 0.3 is 0 Å². The fraction of sp³-hybridized carbons (Fsp3) is 0.500. The SMILES string of the molecule is Cc1ccc([C@]2(O)CCN(C(=O)c3cnc(N4CCCCC4)nc3C)C2)cc1. The van der Waals surface area contributed by atoms with Crippen LogP contribution in [0.4, 0.5) is 5.95 Å². The highest BCUT2D eigenvalue weighted by Crippen LogP contribution is 2.33. The molecule has 1 N–H and O–H groups in total. The van der Waals surface area contributed by atoms with Crippen LogP contribution in [0.2, 0.25) is 0 Å². The van der Waals surface area contributed by atoms with Crippen LogP contribution >= 0.6 is 0 Å². The van der Waals surface area contributed by atoms with E-state index in [-0.39, 0.29) is 5.91 Å². The molecule has 148 valence electrons. The topological polar surface area (TPSA) is 69.6 Å². The number of hydrogen-bond acceptors (Lipinski definition) is 5. The highest BCUT2D eigenvalue weighted by atomic mass is 16.3. The average Bonchev–Trinajstić information content (AvgIpc) is 3.12. The molecule has 2 aliphatic rings. The van der Waals surface area contributed by atoms with E-state index in [9.17, 15) is 9.90 Å². The fourth-order valence-electron chi connectivity index (χ4n) is 4.15. The third kappa shape index (κ3) is 3.61. The van der Waals surface area contributed by atoms with Crippen molar-refractivity contribution in [1.82, 2.24) is 14.9 Å². The van der Waals surface area contributed by atoms with Crippen molar-refractivity contribution in [1.29, 1.82) is 0 Å². The van der Waals surface area contributed by atoms with E-state index in [2.05, 4.69) is 14.9 Å². The molecule has 0 bridgehead atoms. The quantitative estimate of drug-likeness (QED) is 0.887. The van der Waals surface area contributed by atoms with E-state index >= 15 is 0 Å². The van der Waals surface area contributed by atoms with Crippen molar-refractivity contribution in [3.8, 4) is 0 Å². The van der Waals surface area contributed by atoms with Gasteiger partial charge in [-0.2, -0.15) is 0 Å². The van der Waals surface area contributed by atoms with Crippen LogP contribution < -0.4 is 4.90 Å². The van der Waals surface area contributed by atoms with Crippen molar-refractivity contribution in [3.63, 3.8) is 0 Å². The van der Waals surface area contributed by atoms with Gasteiger partial charge in [0.05, 0.1) is 17.8 Å². The third-order valence-electron chi connectivity index (χ3n) is 5.96. The van der Waals surface area contributed by atoms with Crippen molar-refractivity contribution in [3.05, 3.63) is 52.8 Å². The molecule has 6 nitrogen and oxygen atoms in total. The van der Waals surface area contributed by atoms with Crippen molar-refractivity contribution < 1.29 is 9.90 Å². The van der Waals surface area contributed by atoms with E-state index < -0.39 is 5.60 Å². The summed E-state index contributed by atoms with van der Waals surface area (Å²) >= 11 is 0. The first kappa shape index (κ1) is 18.9. The van der Waals surface area contributed by atoms with Crippen LogP contribution in [0.3, 0.4) is 0 Å². The van der Waals surface area contributed by atoms with Gasteiger partial charge in [-0.15, -0.1) is 0 Å². The van der Waals surface area contributed by atoms with Crippen LogP contribution in [-0.4, -0.2) is 52.1 Å². The number of likely N-dealkylation sites (tertiary alicyclic amines) is 1. The van der Waals surface area contributed by atoms with Gasteiger partial charge in [-0.1, -0.05) is 29.8 Å². The summed E-state index contributed by atoms with van der Waals surface area (Å²) in [4.78, 5) is 26.0. The molecular weight excluding hydrogens is 352 g/mol. The van der Waals surface area contributed by atoms with E-state index in [0.717, 1.165) is 37.1 Å². The number of piperidine rings is 1. The number of β-amino-alcohol motifs (C(OH)–C–C–N with tert-alkyl or cyclic N) is 1. The highest BCUT2D eigenvalue weighted by Gasteiger charge is 2.40. The maximum Gasteiger partial charge on any atom is 0.257 e. The molecule has 1 aromatic heterocycles. The highest BCUT2D eigenvalue weighted by molar-refractivity contribution is 5.95. The van der Waals surface area contributed by atoms with Gasteiger partial charge in [-0.25, -0.2) is 9.97 Å². The molecule has 0 saturated carbocycles. The first-order valence-electron chi connectivity index (χ1n) is 10.1. The molecule has 2 aromatic rings. The van der Waals surface area contributed by atoms with Crippen LogP contribution in [0, 0.1) is 13.8 Å². The molecular formula is C22H28N4O2. The van der Waals surface area contributed by atoms with Crippen LogP contribution in [0.15, 0.2) is 30.5 Å². The molecule has 3 heterocycles. The third-order valence-corrected chi connectivity index (χ3v) is 5.96. The molecule has 0 unspecified atom stereocenters. The molecule has 2 saturated heterocycles. The number of benzene rings is 1. The maximum absolute atomic E-state index is 13.0. The Morgan fingerprint density at radius 2 is 1.79 bits per heavy atom. The Balaban J connectivity index is 1.49. The van der Waals surface area contributed by atoms with E-state index in [4.69, 9.17) is 0 Å². The lowest BCUT2D eigenvalue weighted by molar-refractivity contribution is 0.0417. The summed E-state index contributed by atoms with van der Waals surface area (Å²) in [5.41, 5.74) is 2.24. The molecule has 0 spiro atoms. The number of carbonyl (C=O) groups is 1. The molecule has 2 aliphatic heterocycles. The smallest absolute Gasteiger partial charge is 0.257 e. The second-order valence-corrected chi connectivity index (χ2v) is 8.09. The molecule has 1 amide bonds. The normalized spacial score (nSPS) is 22.5. The summed E-state index contributed by atoms with van der Waals surface area (Å²) in [5.74, 6) is 0.608. The predicted octanol–water partition coefficient (Wildman–Crippen LogP) is 2.82. The van der Waals surface area contributed by atoms with E-state index in [1.54, 1.807) is 11.1 Å². The predicted molar refractivity (Wildman–Crippen MR) is 108 cm³/mol. The molecule has 6 heteroatoms. The molecule has 4 rings (SSSR count). The summed E-state index contributed by atoms with van der Waals surface area (Å²) < 4.78 is 0. The fourth-order valence-corrected chi connectivity index (χ4v) is 4.15. The molecule has 0 radical (unpaired) electrons. The minimum atomic E-state index is -0.994. The van der Waals surface area contributed by atoms with E-state index in [0.29, 0.717) is 36.7 Å². The van der Waals surface area contributed by atoms with Gasteiger partial charge in [0.15, 0.2) is 0 Å². The summed E-state index contributed by atoms with van der Waals surface area (Å²) in [6, 6.07) is 7.89. The molecule has 2 fully saturated rings. The zero-order chi connectivity index (χ0) is 19.7. The lowest BCUT2D eigenvalue weighted by Gasteiger charge is -2.27. The van der Waals surface area contributed by atoms with Gasteiger partial charge in [0.1, 0.15) is 5.60 Å². The summed E-state index contributed by atoms with van der Waals surface area (Å²) in [7, 11) is 0. The first-order valence-corrected chi connectivity index (χ1v) is 10.1. The number of aromatic nitrogens is 2. The number of amides is 1. The van der Waals surface area contributed by atoms with Gasteiger partial charge in [0.25, 0.3) is 5.91 Å². The van der Waals surface area contributed by atoms with Crippen molar-refractivity contribution >= 4 is 11.9 Å². The van der Waals surface area contributed by atoms with Crippen LogP contribution in [0.25, 0.3) is 0 Å². The molecule has 1 aromatic carbocycles. The number of aryl methyl sites for hydroxylation is 2. The second-order valence-electron chi connectivity index (χ2n) is 8.09. The average molecular weight is 380 g/mol. The summed E-state index contributed by atoms with van der Waals surface area (Å²) in [5, 5.41) is 11.1. The van der Waals surface area contributed by atoms with Gasteiger partial charge in [0, 0.05) is 25.8 Å². The van der Waals surface area contributed by atoms with Crippen molar-refractivity contribution in [2.75, 3.05) is 31.1 Å². The molecule has 1 atom stereocenters. The van der Waals surface area contributed by atoms with Gasteiger partial charge in [-0.05, 0) is 45.1 Å². The monoisotopic (exact) mass is 380 g/mol. The molecule has 0 aliphatic carbocycles. The number of hydrogen-bond donors (Lipinski definition) is 1. The lowest BCUT2D eigenvalue weighted by atomic mass is 9.92. The van der Waals surface area contributed by atoms with E-state index in [1.807, 2.05) is 38.1 Å². The number of aliphatic hydroxyl groups is 1. The summed E-state index contributed by atoms with van der Waals surface area (Å²) in [6.07, 6.45) is 5.76. The molecule has 28 heavy (non-hydrogen) atoms. The first-order chi connectivity index (χ1) is 13.5. The summed E-state index contributed by atoms with van der Waals surface area (Å²) in [6.45, 7) is 6.66. The second kappa shape index (κ2) is 7.51. The Kier molecular flexibility index (Phi) is 5.06. The Hall–Kier alpha value is -2.47. The Labute approximate surface area is 166 Å². The number of rotatable bonds is 3. The van der Waals surface area contributed by atoms with Crippen molar-refractivity contribution in [2.45, 2.75) is 45.1 Å². The minimum absolute atomic E-state index is 0.106. The number of carbonyl (C=O) groups excluding carboxylic acids is 1. The number of anilines is 1. The van der Waals surface area contributed by atoms with Gasteiger partial charge in [-0.3, -0.25) is 4.79 Å². The van der Waals surface area contributed by atoms with E-state index in [1.165, 1.54) is 6.42 Å². The van der Waals surface area contributed by atoms with Crippen molar-refractivity contribution in [2.24, 2.45) is 0 Å². The number of nitrogens with zero attached hydrogens (tertiary/aromatic N) is 4.